The first-order valence-electron chi connectivity index (χ1n) is 5.26. The number of nitrogens with zero attached hydrogens (tertiary/aromatic N) is 1. The van der Waals surface area contributed by atoms with Crippen molar-refractivity contribution in [3.63, 3.8) is 0 Å². The van der Waals surface area contributed by atoms with E-state index in [2.05, 4.69) is 29.6 Å². The van der Waals surface area contributed by atoms with Crippen LogP contribution in [0.4, 0.5) is 4.79 Å². The number of piperidine rings is 1. The zero-order valence-electron chi connectivity index (χ0n) is 8.02. The number of fused-ring (bicyclic) bond motifs is 3. The van der Waals surface area contributed by atoms with Crippen LogP contribution in [0.5, 0.6) is 0 Å². The Hall–Kier alpha value is -1.25. The van der Waals surface area contributed by atoms with Crippen LogP contribution in [0.3, 0.4) is 0 Å². The molecule has 14 heavy (non-hydrogen) atoms. The second kappa shape index (κ2) is 2.87. The third kappa shape index (κ3) is 1.01. The minimum atomic E-state index is 0.122. The third-order valence-electron chi connectivity index (χ3n) is 3.57. The number of carbonyl (C=O) groups is 1. The first-order chi connectivity index (χ1) is 6.86. The maximum atomic E-state index is 11.5. The van der Waals surface area contributed by atoms with E-state index in [1.807, 2.05) is 4.90 Å². The number of nitrogens with one attached hydrogen (secondary N) is 1. The molecule has 0 bridgehead atoms. The molecular formula is C11H14N2O. The van der Waals surface area contributed by atoms with E-state index in [0.29, 0.717) is 17.9 Å². The maximum Gasteiger partial charge on any atom is 0.317 e. The van der Waals surface area contributed by atoms with Crippen molar-refractivity contribution in [2.45, 2.75) is 12.5 Å². The average Bonchev–Trinajstić information content (AvgIpc) is 2.61. The second-order valence-electron chi connectivity index (χ2n) is 4.25. The minimum absolute atomic E-state index is 0.122. The average molecular weight is 190 g/mol. The van der Waals surface area contributed by atoms with Gasteiger partial charge in [-0.05, 0) is 12.3 Å². The van der Waals surface area contributed by atoms with Crippen LogP contribution in [0.2, 0.25) is 0 Å². The largest absolute Gasteiger partial charge is 0.336 e. The standard InChI is InChI=1S/C11H14N2O/c14-11-12-7-10-9-4-2-1-3-8(9)5-6-13(10)11/h1-4,8-10H,5-7H2,(H,12,14). The summed E-state index contributed by atoms with van der Waals surface area (Å²) in [6, 6.07) is 0.513. The molecule has 2 aliphatic heterocycles. The molecule has 2 heterocycles. The molecule has 0 radical (unpaired) electrons. The Bertz CT molecular complexity index is 321. The topological polar surface area (TPSA) is 32.3 Å². The maximum absolute atomic E-state index is 11.5. The fourth-order valence-corrected chi connectivity index (χ4v) is 2.83. The molecule has 1 N–H and O–H groups in total. The number of carbonyl (C=O) groups excluding carboxylic acids is 1. The summed E-state index contributed by atoms with van der Waals surface area (Å²) in [5, 5.41) is 2.92. The Morgan fingerprint density at radius 1 is 1.36 bits per heavy atom. The molecule has 3 heteroatoms. The van der Waals surface area contributed by atoms with Gasteiger partial charge in [-0.3, -0.25) is 0 Å². The molecule has 2 fully saturated rings. The first-order valence-corrected chi connectivity index (χ1v) is 5.26. The van der Waals surface area contributed by atoms with Gasteiger partial charge in [-0.2, -0.15) is 0 Å². The molecule has 0 aromatic heterocycles. The van der Waals surface area contributed by atoms with Gasteiger partial charge in [0.05, 0.1) is 6.04 Å². The van der Waals surface area contributed by atoms with Gasteiger partial charge in [-0.1, -0.05) is 24.3 Å². The van der Waals surface area contributed by atoms with Crippen molar-refractivity contribution >= 4 is 6.03 Å². The van der Waals surface area contributed by atoms with Crippen molar-refractivity contribution in [1.82, 2.24) is 10.2 Å². The lowest BCUT2D eigenvalue weighted by Crippen LogP contribution is -2.47. The Morgan fingerprint density at radius 2 is 2.21 bits per heavy atom. The number of hydrogen-bond donors (Lipinski definition) is 1. The monoisotopic (exact) mass is 190 g/mol. The van der Waals surface area contributed by atoms with E-state index in [1.54, 1.807) is 0 Å². The summed E-state index contributed by atoms with van der Waals surface area (Å²) in [5.74, 6) is 1.18. The van der Waals surface area contributed by atoms with Gasteiger partial charge in [-0.15, -0.1) is 0 Å². The Balaban J connectivity index is 1.89. The van der Waals surface area contributed by atoms with Gasteiger partial charge in [0, 0.05) is 19.0 Å². The van der Waals surface area contributed by atoms with Crippen LogP contribution in [-0.2, 0) is 0 Å². The van der Waals surface area contributed by atoms with E-state index < -0.39 is 0 Å². The third-order valence-corrected chi connectivity index (χ3v) is 3.57. The molecule has 2 amide bonds. The van der Waals surface area contributed by atoms with Gasteiger partial charge in [0.15, 0.2) is 0 Å². The summed E-state index contributed by atoms with van der Waals surface area (Å²) in [5.41, 5.74) is 0. The molecule has 3 nitrogen and oxygen atoms in total. The molecular weight excluding hydrogens is 176 g/mol. The van der Waals surface area contributed by atoms with E-state index >= 15 is 0 Å². The van der Waals surface area contributed by atoms with Crippen LogP contribution in [0, 0.1) is 11.8 Å². The van der Waals surface area contributed by atoms with E-state index in [9.17, 15) is 4.79 Å². The highest BCUT2D eigenvalue weighted by Gasteiger charge is 2.41. The molecule has 0 saturated carbocycles. The number of hydrogen-bond acceptors (Lipinski definition) is 1. The second-order valence-corrected chi connectivity index (χ2v) is 4.25. The molecule has 3 aliphatic rings. The van der Waals surface area contributed by atoms with Gasteiger partial charge < -0.3 is 10.2 Å². The Morgan fingerprint density at radius 3 is 3.14 bits per heavy atom. The van der Waals surface area contributed by atoms with Crippen LogP contribution in [-0.4, -0.2) is 30.1 Å². The first kappa shape index (κ1) is 8.09. The van der Waals surface area contributed by atoms with Crippen LogP contribution in [0.1, 0.15) is 6.42 Å². The van der Waals surface area contributed by atoms with Crippen molar-refractivity contribution in [1.29, 1.82) is 0 Å². The summed E-state index contributed by atoms with van der Waals surface area (Å²) in [6.07, 6.45) is 9.87. The number of urea groups is 1. The van der Waals surface area contributed by atoms with E-state index in [0.717, 1.165) is 19.5 Å². The highest BCUT2D eigenvalue weighted by molar-refractivity contribution is 5.77. The van der Waals surface area contributed by atoms with Gasteiger partial charge in [0.1, 0.15) is 0 Å². The van der Waals surface area contributed by atoms with Crippen molar-refractivity contribution in [3.05, 3.63) is 24.3 Å². The van der Waals surface area contributed by atoms with Crippen LogP contribution >= 0.6 is 0 Å². The number of rotatable bonds is 0. The summed E-state index contributed by atoms with van der Waals surface area (Å²) >= 11 is 0. The molecule has 2 saturated heterocycles. The van der Waals surface area contributed by atoms with E-state index in [-0.39, 0.29) is 6.03 Å². The SMILES string of the molecule is O=C1NCC2C3C=CC=CC3CCN12. The van der Waals surface area contributed by atoms with Crippen LogP contribution in [0.25, 0.3) is 0 Å². The zero-order valence-corrected chi connectivity index (χ0v) is 8.02. The van der Waals surface area contributed by atoms with Crippen molar-refractivity contribution < 1.29 is 4.79 Å². The van der Waals surface area contributed by atoms with Crippen LogP contribution in [0.15, 0.2) is 24.3 Å². The molecule has 0 spiro atoms. The summed E-state index contributed by atoms with van der Waals surface area (Å²) < 4.78 is 0. The molecule has 3 atom stereocenters. The van der Waals surface area contributed by atoms with Gasteiger partial charge in [0.2, 0.25) is 0 Å². The zero-order chi connectivity index (χ0) is 9.54. The minimum Gasteiger partial charge on any atom is -0.336 e. The smallest absolute Gasteiger partial charge is 0.317 e. The van der Waals surface area contributed by atoms with E-state index in [4.69, 9.17) is 0 Å². The van der Waals surface area contributed by atoms with Crippen LogP contribution < -0.4 is 5.32 Å². The molecule has 0 aromatic rings. The lowest BCUT2D eigenvalue weighted by Gasteiger charge is -2.39. The van der Waals surface area contributed by atoms with Crippen molar-refractivity contribution in [2.24, 2.45) is 11.8 Å². The summed E-state index contributed by atoms with van der Waals surface area (Å²) in [6.45, 7) is 1.73. The van der Waals surface area contributed by atoms with Gasteiger partial charge in [-0.25, -0.2) is 4.79 Å². The fraction of sp³-hybridized carbons (Fsp3) is 0.545. The van der Waals surface area contributed by atoms with Crippen molar-refractivity contribution in [3.8, 4) is 0 Å². The predicted molar refractivity (Wildman–Crippen MR) is 53.8 cm³/mol. The highest BCUT2D eigenvalue weighted by atomic mass is 16.2. The summed E-state index contributed by atoms with van der Waals surface area (Å²) in [7, 11) is 0. The van der Waals surface area contributed by atoms with E-state index in [1.165, 1.54) is 0 Å². The number of allylic oxidation sites excluding steroid dienone is 3. The molecule has 0 aromatic carbocycles. The lowest BCUT2D eigenvalue weighted by molar-refractivity contribution is 0.143. The Kier molecular flexibility index (Phi) is 1.66. The lowest BCUT2D eigenvalue weighted by atomic mass is 9.78. The van der Waals surface area contributed by atoms with Gasteiger partial charge in [0.25, 0.3) is 0 Å². The highest BCUT2D eigenvalue weighted by Crippen LogP contribution is 2.34. The van der Waals surface area contributed by atoms with Crippen molar-refractivity contribution in [2.75, 3.05) is 13.1 Å². The fourth-order valence-electron chi connectivity index (χ4n) is 2.83. The molecule has 74 valence electrons. The Labute approximate surface area is 83.5 Å². The molecule has 3 unspecified atom stereocenters. The summed E-state index contributed by atoms with van der Waals surface area (Å²) in [4.78, 5) is 13.4. The molecule has 1 aliphatic carbocycles. The number of amides is 2. The normalized spacial score (nSPS) is 39.3. The molecule has 3 rings (SSSR count). The van der Waals surface area contributed by atoms with Gasteiger partial charge >= 0.3 is 6.03 Å². The predicted octanol–water partition coefficient (Wildman–Crippen LogP) is 1.14. The quantitative estimate of drug-likeness (QED) is 0.610.